The summed E-state index contributed by atoms with van der Waals surface area (Å²) in [6.45, 7) is 2.66. The Hall–Kier alpha value is -2.31. The Bertz CT molecular complexity index is 1140. The van der Waals surface area contributed by atoms with Gasteiger partial charge in [-0.05, 0) is 45.3 Å². The number of aliphatic hydroxyl groups is 1. The van der Waals surface area contributed by atoms with Gasteiger partial charge in [-0.1, -0.05) is 30.3 Å². The molecule has 1 atom stereocenters. The van der Waals surface area contributed by atoms with Crippen molar-refractivity contribution >= 4 is 21.7 Å². The predicted octanol–water partition coefficient (Wildman–Crippen LogP) is 1.01. The van der Waals surface area contributed by atoms with Crippen molar-refractivity contribution in [3.63, 3.8) is 0 Å². The Morgan fingerprint density at radius 2 is 1.61 bits per heavy atom. The largest absolute Gasteiger partial charge is 0.361 e. The molecule has 3 aliphatic rings. The fourth-order valence-corrected chi connectivity index (χ4v) is 6.90. The first-order valence-corrected chi connectivity index (χ1v) is 14.4. The van der Waals surface area contributed by atoms with Crippen LogP contribution >= 0.6 is 0 Å². The van der Waals surface area contributed by atoms with Crippen LogP contribution in [-0.4, -0.2) is 97.7 Å². The quantitative estimate of drug-likeness (QED) is 0.604. The average molecular weight is 516 g/mol. The van der Waals surface area contributed by atoms with Crippen LogP contribution in [0.1, 0.15) is 31.2 Å². The van der Waals surface area contributed by atoms with E-state index in [1.54, 1.807) is 12.4 Å². The Labute approximate surface area is 214 Å². The summed E-state index contributed by atoms with van der Waals surface area (Å²) in [6.07, 6.45) is 7.89. The molecule has 2 aromatic rings. The lowest BCUT2D eigenvalue weighted by Crippen LogP contribution is -2.54. The molecule has 0 amide bonds. The zero-order valence-electron chi connectivity index (χ0n) is 21.3. The van der Waals surface area contributed by atoms with Crippen LogP contribution in [0.3, 0.4) is 0 Å². The zero-order valence-corrected chi connectivity index (χ0v) is 22.2. The summed E-state index contributed by atoms with van der Waals surface area (Å²) in [6, 6.07) is 10.7. The molecule has 1 aromatic carbocycles. The van der Waals surface area contributed by atoms with Gasteiger partial charge in [-0.3, -0.25) is 10.2 Å². The van der Waals surface area contributed by atoms with Crippen molar-refractivity contribution < 1.29 is 13.5 Å². The van der Waals surface area contributed by atoms with Gasteiger partial charge in [0.25, 0.3) is 0 Å². The van der Waals surface area contributed by atoms with E-state index in [1.807, 2.05) is 9.80 Å². The maximum Gasteiger partial charge on any atom is 0.225 e. The van der Waals surface area contributed by atoms with E-state index in [1.165, 1.54) is 16.1 Å². The Morgan fingerprint density at radius 3 is 2.17 bits per heavy atom. The first kappa shape index (κ1) is 25.3. The molecule has 1 spiro atoms. The standard InChI is InChI=1S/C25H37N7O3S/c1-29(2)25(20-7-5-4-6-8-20)11-9-24(10-12-25)19-32(23(33)28-24)21-17-26-22(27-18-21)30-13-15-31(16-14-30)36(3,34)35/h4-8,17-18,23,28,33H,9-16,19H2,1-3H3/t23?,24-,25+. The number of aliphatic hydroxyl groups excluding tert-OH is 1. The number of sulfonamides is 1. The fourth-order valence-electron chi connectivity index (χ4n) is 6.08. The van der Waals surface area contributed by atoms with Crippen molar-refractivity contribution in [2.24, 2.45) is 0 Å². The van der Waals surface area contributed by atoms with Gasteiger partial charge >= 0.3 is 0 Å². The third kappa shape index (κ3) is 4.70. The number of nitrogens with one attached hydrogen (secondary N) is 1. The smallest absolute Gasteiger partial charge is 0.225 e. The molecule has 11 heteroatoms. The van der Waals surface area contributed by atoms with E-state index in [-0.39, 0.29) is 11.1 Å². The highest BCUT2D eigenvalue weighted by Gasteiger charge is 2.50. The number of benzene rings is 1. The lowest BCUT2D eigenvalue weighted by Gasteiger charge is -2.49. The number of nitrogens with zero attached hydrogens (tertiary/aromatic N) is 6. The van der Waals surface area contributed by atoms with Crippen molar-refractivity contribution in [2.45, 2.75) is 43.1 Å². The van der Waals surface area contributed by atoms with E-state index < -0.39 is 16.4 Å². The van der Waals surface area contributed by atoms with E-state index in [0.29, 0.717) is 38.7 Å². The number of aromatic nitrogens is 2. The molecule has 3 fully saturated rings. The second kappa shape index (κ2) is 9.53. The highest BCUT2D eigenvalue weighted by atomic mass is 32.2. The first-order chi connectivity index (χ1) is 17.1. The van der Waals surface area contributed by atoms with Gasteiger partial charge in [0.2, 0.25) is 16.0 Å². The first-order valence-electron chi connectivity index (χ1n) is 12.6. The number of piperazine rings is 1. The van der Waals surface area contributed by atoms with Crippen LogP contribution in [0.4, 0.5) is 11.6 Å². The Balaban J connectivity index is 1.24. The topological polar surface area (TPSA) is 105 Å². The maximum absolute atomic E-state index is 11.8. The molecule has 1 saturated carbocycles. The normalized spacial score (nSPS) is 29.9. The van der Waals surface area contributed by atoms with Crippen molar-refractivity contribution in [3.05, 3.63) is 48.3 Å². The fraction of sp³-hybridized carbons (Fsp3) is 0.600. The van der Waals surface area contributed by atoms with Gasteiger partial charge in [0.15, 0.2) is 6.35 Å². The molecule has 1 aliphatic carbocycles. The van der Waals surface area contributed by atoms with Gasteiger partial charge in [0, 0.05) is 43.8 Å². The van der Waals surface area contributed by atoms with Gasteiger partial charge in [-0.25, -0.2) is 18.4 Å². The van der Waals surface area contributed by atoms with Crippen LogP contribution in [0.15, 0.2) is 42.7 Å². The molecule has 2 aliphatic heterocycles. The summed E-state index contributed by atoms with van der Waals surface area (Å²) in [5.74, 6) is 0.583. The van der Waals surface area contributed by atoms with Crippen LogP contribution in [0, 0.1) is 0 Å². The number of anilines is 2. The van der Waals surface area contributed by atoms with Gasteiger partial charge in [-0.15, -0.1) is 0 Å². The predicted molar refractivity (Wildman–Crippen MR) is 140 cm³/mol. The summed E-state index contributed by atoms with van der Waals surface area (Å²) in [5.41, 5.74) is 1.96. The highest BCUT2D eigenvalue weighted by Crippen LogP contribution is 2.46. The van der Waals surface area contributed by atoms with E-state index in [2.05, 4.69) is 64.6 Å². The van der Waals surface area contributed by atoms with E-state index in [9.17, 15) is 13.5 Å². The molecule has 5 rings (SSSR count). The lowest BCUT2D eigenvalue weighted by atomic mass is 9.69. The van der Waals surface area contributed by atoms with Crippen molar-refractivity contribution in [1.29, 1.82) is 0 Å². The molecule has 1 unspecified atom stereocenters. The van der Waals surface area contributed by atoms with Crippen LogP contribution in [0.2, 0.25) is 0 Å². The van der Waals surface area contributed by atoms with Gasteiger partial charge < -0.3 is 14.9 Å². The minimum Gasteiger partial charge on any atom is -0.361 e. The SMILES string of the molecule is CN(C)[C@]1(c2ccccc2)CC[C@]2(CC1)CN(c1cnc(N3CCN(S(C)(=O)=O)CC3)nc1)C(O)N2. The van der Waals surface area contributed by atoms with Crippen LogP contribution < -0.4 is 15.1 Å². The molecule has 0 radical (unpaired) electrons. The molecule has 3 heterocycles. The summed E-state index contributed by atoms with van der Waals surface area (Å²) in [4.78, 5) is 15.4. The van der Waals surface area contributed by atoms with E-state index >= 15 is 0 Å². The van der Waals surface area contributed by atoms with E-state index in [4.69, 9.17) is 0 Å². The number of hydrogen-bond donors (Lipinski definition) is 2. The maximum atomic E-state index is 11.8. The minimum atomic E-state index is -3.18. The van der Waals surface area contributed by atoms with Gasteiger partial charge in [0.05, 0.1) is 24.3 Å². The van der Waals surface area contributed by atoms with Crippen molar-refractivity contribution in [2.75, 3.05) is 62.9 Å². The minimum absolute atomic E-state index is 0.00154. The Morgan fingerprint density at radius 1 is 1.00 bits per heavy atom. The molecular weight excluding hydrogens is 478 g/mol. The molecule has 2 N–H and O–H groups in total. The third-order valence-electron chi connectivity index (χ3n) is 8.35. The van der Waals surface area contributed by atoms with Crippen molar-refractivity contribution in [3.8, 4) is 0 Å². The van der Waals surface area contributed by atoms with Gasteiger partial charge in [0.1, 0.15) is 0 Å². The molecule has 36 heavy (non-hydrogen) atoms. The average Bonchev–Trinajstić information content (AvgIpc) is 3.20. The molecule has 0 bridgehead atoms. The highest BCUT2D eigenvalue weighted by molar-refractivity contribution is 7.88. The third-order valence-corrected chi connectivity index (χ3v) is 9.65. The lowest BCUT2D eigenvalue weighted by molar-refractivity contribution is 0.0513. The van der Waals surface area contributed by atoms with Gasteiger partial charge in [-0.2, -0.15) is 4.31 Å². The summed E-state index contributed by atoms with van der Waals surface area (Å²) in [7, 11) is 1.15. The summed E-state index contributed by atoms with van der Waals surface area (Å²) in [5, 5.41) is 14.4. The molecule has 196 valence electrons. The number of rotatable bonds is 5. The van der Waals surface area contributed by atoms with Crippen LogP contribution in [0.25, 0.3) is 0 Å². The monoisotopic (exact) mass is 515 g/mol. The second-order valence-electron chi connectivity index (χ2n) is 10.6. The van der Waals surface area contributed by atoms with Crippen LogP contribution in [-0.2, 0) is 15.6 Å². The van der Waals surface area contributed by atoms with Crippen molar-refractivity contribution in [1.82, 2.24) is 24.5 Å². The zero-order chi connectivity index (χ0) is 25.6. The van der Waals surface area contributed by atoms with E-state index in [0.717, 1.165) is 31.4 Å². The molecule has 10 nitrogen and oxygen atoms in total. The molecule has 1 aromatic heterocycles. The summed E-state index contributed by atoms with van der Waals surface area (Å²) < 4.78 is 25.0. The Kier molecular flexibility index (Phi) is 6.71. The number of hydrogen-bond acceptors (Lipinski definition) is 9. The van der Waals surface area contributed by atoms with Crippen LogP contribution in [0.5, 0.6) is 0 Å². The molecule has 2 saturated heterocycles. The summed E-state index contributed by atoms with van der Waals surface area (Å²) >= 11 is 0. The second-order valence-corrected chi connectivity index (χ2v) is 12.6. The molecular formula is C25H37N7O3S.